The molecule has 0 fully saturated rings. The summed E-state index contributed by atoms with van der Waals surface area (Å²) in [4.78, 5) is 15.9. The number of aliphatic imine (C=N–C) groups is 1. The van der Waals surface area contributed by atoms with E-state index in [1.807, 2.05) is 0 Å². The SMILES string of the molecule is O=C(NO)c1ccc2c(c1)C(Cc1ccc(F)cc1Cl)N=C2. The molecule has 1 unspecified atom stereocenters. The molecule has 0 aliphatic carbocycles. The lowest BCUT2D eigenvalue weighted by molar-refractivity contribution is 0.0706. The van der Waals surface area contributed by atoms with Crippen LogP contribution in [0.1, 0.15) is 33.1 Å². The fourth-order valence-corrected chi connectivity index (χ4v) is 2.74. The summed E-state index contributed by atoms with van der Waals surface area (Å²) in [7, 11) is 0. The Labute approximate surface area is 131 Å². The van der Waals surface area contributed by atoms with Crippen molar-refractivity contribution in [2.75, 3.05) is 0 Å². The van der Waals surface area contributed by atoms with Crippen molar-refractivity contribution in [1.29, 1.82) is 0 Å². The monoisotopic (exact) mass is 318 g/mol. The van der Waals surface area contributed by atoms with E-state index in [9.17, 15) is 9.18 Å². The van der Waals surface area contributed by atoms with Gasteiger partial charge in [-0.3, -0.25) is 15.0 Å². The highest BCUT2D eigenvalue weighted by molar-refractivity contribution is 6.31. The van der Waals surface area contributed by atoms with Crippen molar-refractivity contribution >= 4 is 23.7 Å². The minimum absolute atomic E-state index is 0.190. The maximum atomic E-state index is 13.1. The number of nitrogens with zero attached hydrogens (tertiary/aromatic N) is 1. The van der Waals surface area contributed by atoms with E-state index in [-0.39, 0.29) is 11.9 Å². The quantitative estimate of drug-likeness (QED) is 0.673. The molecule has 1 heterocycles. The first-order valence-electron chi connectivity index (χ1n) is 6.64. The summed E-state index contributed by atoms with van der Waals surface area (Å²) < 4.78 is 13.1. The average molecular weight is 319 g/mol. The molecule has 2 aromatic carbocycles. The third-order valence-corrected chi connectivity index (χ3v) is 3.98. The van der Waals surface area contributed by atoms with Crippen molar-refractivity contribution in [3.63, 3.8) is 0 Å². The zero-order valence-corrected chi connectivity index (χ0v) is 12.1. The van der Waals surface area contributed by atoms with Crippen molar-refractivity contribution < 1.29 is 14.4 Å². The number of hydroxylamine groups is 1. The van der Waals surface area contributed by atoms with Crippen LogP contribution in [0.2, 0.25) is 5.02 Å². The van der Waals surface area contributed by atoms with E-state index in [1.165, 1.54) is 12.1 Å². The third kappa shape index (κ3) is 2.73. The summed E-state index contributed by atoms with van der Waals surface area (Å²) in [6.07, 6.45) is 2.24. The minimum Gasteiger partial charge on any atom is -0.288 e. The standard InChI is InChI=1S/C16H12ClFN2O2/c17-14-7-12(18)4-3-9(14)6-15-13-5-10(16(21)20-22)1-2-11(13)8-19-15/h1-5,7-8,15,22H,6H2,(H,20,21). The summed E-state index contributed by atoms with van der Waals surface area (Å²) >= 11 is 6.05. The van der Waals surface area contributed by atoms with E-state index in [4.69, 9.17) is 16.8 Å². The van der Waals surface area contributed by atoms with Crippen LogP contribution in [-0.2, 0) is 6.42 Å². The summed E-state index contributed by atoms with van der Waals surface area (Å²) in [5, 5.41) is 9.07. The molecule has 1 atom stereocenters. The fraction of sp³-hybridized carbons (Fsp3) is 0.125. The van der Waals surface area contributed by atoms with Crippen molar-refractivity contribution in [2.45, 2.75) is 12.5 Å². The largest absolute Gasteiger partial charge is 0.288 e. The Hall–Kier alpha value is -2.24. The van der Waals surface area contributed by atoms with E-state index in [2.05, 4.69) is 4.99 Å². The van der Waals surface area contributed by atoms with Crippen molar-refractivity contribution in [2.24, 2.45) is 4.99 Å². The number of nitrogens with one attached hydrogen (secondary N) is 1. The van der Waals surface area contributed by atoms with Gasteiger partial charge in [-0.05, 0) is 41.0 Å². The van der Waals surface area contributed by atoms with Gasteiger partial charge in [0.15, 0.2) is 0 Å². The summed E-state index contributed by atoms with van der Waals surface area (Å²) in [5.74, 6) is -0.959. The van der Waals surface area contributed by atoms with Crippen molar-refractivity contribution in [3.05, 3.63) is 69.5 Å². The number of fused-ring (bicyclic) bond motifs is 1. The van der Waals surface area contributed by atoms with Crippen LogP contribution >= 0.6 is 11.6 Å². The molecule has 3 rings (SSSR count). The van der Waals surface area contributed by atoms with Gasteiger partial charge < -0.3 is 0 Å². The van der Waals surface area contributed by atoms with Crippen LogP contribution in [0.15, 0.2) is 41.4 Å². The first-order chi connectivity index (χ1) is 10.6. The van der Waals surface area contributed by atoms with Gasteiger partial charge in [-0.2, -0.15) is 0 Å². The van der Waals surface area contributed by atoms with E-state index < -0.39 is 5.91 Å². The second-order valence-electron chi connectivity index (χ2n) is 5.02. The van der Waals surface area contributed by atoms with Crippen LogP contribution in [0.25, 0.3) is 0 Å². The molecule has 0 aromatic heterocycles. The van der Waals surface area contributed by atoms with Gasteiger partial charge in [-0.1, -0.05) is 23.7 Å². The normalized spacial score (nSPS) is 15.7. The molecule has 1 aliphatic rings. The molecule has 0 bridgehead atoms. The van der Waals surface area contributed by atoms with Crippen LogP contribution in [0, 0.1) is 5.82 Å². The molecular formula is C16H12ClFN2O2. The Balaban J connectivity index is 1.90. The van der Waals surface area contributed by atoms with Crippen molar-refractivity contribution in [3.8, 4) is 0 Å². The molecule has 2 aromatic rings. The molecule has 22 heavy (non-hydrogen) atoms. The van der Waals surface area contributed by atoms with Gasteiger partial charge in [0, 0.05) is 23.2 Å². The molecule has 0 spiro atoms. The highest BCUT2D eigenvalue weighted by Crippen LogP contribution is 2.32. The van der Waals surface area contributed by atoms with E-state index in [0.29, 0.717) is 17.0 Å². The van der Waals surface area contributed by atoms with Gasteiger partial charge in [0.2, 0.25) is 0 Å². The highest BCUT2D eigenvalue weighted by atomic mass is 35.5. The number of carbonyl (C=O) groups excluding carboxylic acids is 1. The minimum atomic E-state index is -0.576. The summed E-state index contributed by atoms with van der Waals surface area (Å²) in [5.41, 5.74) is 4.54. The summed E-state index contributed by atoms with van der Waals surface area (Å²) in [6.45, 7) is 0. The number of amides is 1. The van der Waals surface area contributed by atoms with Gasteiger partial charge in [0.1, 0.15) is 5.82 Å². The van der Waals surface area contributed by atoms with Gasteiger partial charge in [-0.25, -0.2) is 9.87 Å². The molecule has 112 valence electrons. The molecule has 6 heteroatoms. The van der Waals surface area contributed by atoms with Crippen LogP contribution in [0.4, 0.5) is 4.39 Å². The second-order valence-corrected chi connectivity index (χ2v) is 5.43. The maximum Gasteiger partial charge on any atom is 0.274 e. The number of carbonyl (C=O) groups is 1. The predicted molar refractivity (Wildman–Crippen MR) is 81.1 cm³/mol. The van der Waals surface area contributed by atoms with Gasteiger partial charge in [-0.15, -0.1) is 0 Å². The van der Waals surface area contributed by atoms with E-state index in [0.717, 1.165) is 16.7 Å². The smallest absolute Gasteiger partial charge is 0.274 e. The first kappa shape index (κ1) is 14.7. The topological polar surface area (TPSA) is 61.7 Å². The zero-order chi connectivity index (χ0) is 15.7. The third-order valence-electron chi connectivity index (χ3n) is 3.63. The Kier molecular flexibility index (Phi) is 3.92. The lowest BCUT2D eigenvalue weighted by atomic mass is 9.96. The zero-order valence-electron chi connectivity index (χ0n) is 11.4. The number of hydrogen-bond acceptors (Lipinski definition) is 3. The molecule has 4 nitrogen and oxygen atoms in total. The van der Waals surface area contributed by atoms with Crippen LogP contribution in [0.3, 0.4) is 0 Å². The second kappa shape index (κ2) is 5.87. The number of hydrogen-bond donors (Lipinski definition) is 2. The number of benzene rings is 2. The van der Waals surface area contributed by atoms with E-state index >= 15 is 0 Å². The van der Waals surface area contributed by atoms with Gasteiger partial charge >= 0.3 is 0 Å². The Morgan fingerprint density at radius 1 is 1.32 bits per heavy atom. The predicted octanol–water partition coefficient (Wildman–Crippen LogP) is 3.31. The Morgan fingerprint density at radius 2 is 2.14 bits per heavy atom. The molecule has 1 amide bonds. The molecule has 0 radical (unpaired) electrons. The Morgan fingerprint density at radius 3 is 2.86 bits per heavy atom. The van der Waals surface area contributed by atoms with Crippen LogP contribution in [0.5, 0.6) is 0 Å². The van der Waals surface area contributed by atoms with Crippen LogP contribution in [-0.4, -0.2) is 17.3 Å². The molecule has 0 saturated carbocycles. The molecule has 2 N–H and O–H groups in total. The lowest BCUT2D eigenvalue weighted by Crippen LogP contribution is -2.18. The number of halogens is 2. The maximum absolute atomic E-state index is 13.1. The van der Waals surface area contributed by atoms with E-state index in [1.54, 1.807) is 36.0 Å². The van der Waals surface area contributed by atoms with Crippen molar-refractivity contribution in [1.82, 2.24) is 5.48 Å². The van der Waals surface area contributed by atoms with Crippen LogP contribution < -0.4 is 5.48 Å². The highest BCUT2D eigenvalue weighted by Gasteiger charge is 2.21. The average Bonchev–Trinajstić information content (AvgIpc) is 2.91. The lowest BCUT2D eigenvalue weighted by Gasteiger charge is -2.12. The summed E-state index contributed by atoms with van der Waals surface area (Å²) in [6, 6.07) is 9.15. The van der Waals surface area contributed by atoms with Gasteiger partial charge in [0.05, 0.1) is 6.04 Å². The molecular weight excluding hydrogens is 307 g/mol. The fourth-order valence-electron chi connectivity index (χ4n) is 2.50. The van der Waals surface area contributed by atoms with Gasteiger partial charge in [0.25, 0.3) is 5.91 Å². The number of rotatable bonds is 3. The molecule has 0 saturated heterocycles. The first-order valence-corrected chi connectivity index (χ1v) is 7.02. The Bertz CT molecular complexity index is 777. The molecule has 1 aliphatic heterocycles.